The van der Waals surface area contributed by atoms with E-state index >= 15 is 0 Å². The number of piperazine rings is 1. The molecule has 2 rings (SSSR count). The molecule has 1 aliphatic rings. The molecule has 0 spiro atoms. The second-order valence-corrected chi connectivity index (χ2v) is 9.41. The van der Waals surface area contributed by atoms with Crippen molar-refractivity contribution in [3.8, 4) is 0 Å². The van der Waals surface area contributed by atoms with Gasteiger partial charge in [0, 0.05) is 51.6 Å². The van der Waals surface area contributed by atoms with E-state index in [4.69, 9.17) is 0 Å². The molecule has 0 radical (unpaired) electrons. The number of amides is 2. The van der Waals surface area contributed by atoms with Crippen LogP contribution in [0.5, 0.6) is 0 Å². The van der Waals surface area contributed by atoms with Crippen molar-refractivity contribution in [2.24, 2.45) is 0 Å². The number of sulfonamides is 1. The Morgan fingerprint density at radius 1 is 1.03 bits per heavy atom. The van der Waals surface area contributed by atoms with Crippen LogP contribution in [0.1, 0.15) is 33.6 Å². The van der Waals surface area contributed by atoms with Gasteiger partial charge in [0.1, 0.15) is 0 Å². The van der Waals surface area contributed by atoms with Crippen LogP contribution < -0.4 is 5.32 Å². The summed E-state index contributed by atoms with van der Waals surface area (Å²) in [7, 11) is -3.54. The lowest BCUT2D eigenvalue weighted by Gasteiger charge is -2.34. The standard InChI is InChI=1S/C21H34N4O4S/c1-4-23(5-2)18(3)17-22-20(26)11-12-21(27)24-13-15-25(16-14-24)30(28,29)19-9-7-6-8-10-19/h6-10,18H,4-5,11-17H2,1-3H3,(H,22,26). The number of nitrogens with zero attached hydrogens (tertiary/aromatic N) is 3. The highest BCUT2D eigenvalue weighted by molar-refractivity contribution is 7.89. The van der Waals surface area contributed by atoms with Crippen molar-refractivity contribution < 1.29 is 18.0 Å². The molecule has 0 bridgehead atoms. The lowest BCUT2D eigenvalue weighted by Crippen LogP contribution is -2.50. The monoisotopic (exact) mass is 438 g/mol. The molecule has 1 saturated heterocycles. The number of rotatable bonds is 10. The molecular formula is C21H34N4O4S. The molecule has 1 atom stereocenters. The van der Waals surface area contributed by atoms with Gasteiger partial charge in [0.15, 0.2) is 0 Å². The molecule has 1 heterocycles. The van der Waals surface area contributed by atoms with Gasteiger partial charge in [0.05, 0.1) is 4.90 Å². The Labute approximate surface area is 180 Å². The SMILES string of the molecule is CCN(CC)C(C)CNC(=O)CCC(=O)N1CCN(S(=O)(=O)c2ccccc2)CC1. The number of carbonyl (C=O) groups excluding carboxylic acids is 2. The first-order chi connectivity index (χ1) is 14.3. The quantitative estimate of drug-likeness (QED) is 0.592. The third kappa shape index (κ3) is 6.52. The van der Waals surface area contributed by atoms with Crippen LogP contribution in [0.2, 0.25) is 0 Å². The minimum atomic E-state index is -3.54. The third-order valence-corrected chi connectivity index (χ3v) is 7.48. The van der Waals surface area contributed by atoms with Crippen LogP contribution in [0.15, 0.2) is 35.2 Å². The highest BCUT2D eigenvalue weighted by Gasteiger charge is 2.30. The van der Waals surface area contributed by atoms with Crippen molar-refractivity contribution in [1.82, 2.24) is 19.4 Å². The zero-order chi connectivity index (χ0) is 22.1. The average molecular weight is 439 g/mol. The van der Waals surface area contributed by atoms with Gasteiger partial charge < -0.3 is 10.2 Å². The van der Waals surface area contributed by atoms with Crippen molar-refractivity contribution in [3.63, 3.8) is 0 Å². The van der Waals surface area contributed by atoms with E-state index in [-0.39, 0.29) is 48.7 Å². The van der Waals surface area contributed by atoms with Gasteiger partial charge in [-0.05, 0) is 32.1 Å². The van der Waals surface area contributed by atoms with E-state index in [2.05, 4.69) is 31.0 Å². The van der Waals surface area contributed by atoms with Gasteiger partial charge in [-0.25, -0.2) is 8.42 Å². The maximum Gasteiger partial charge on any atom is 0.243 e. The molecule has 1 fully saturated rings. The molecule has 1 unspecified atom stereocenters. The van der Waals surface area contributed by atoms with Gasteiger partial charge in [-0.15, -0.1) is 0 Å². The topological polar surface area (TPSA) is 90.0 Å². The minimum absolute atomic E-state index is 0.112. The van der Waals surface area contributed by atoms with E-state index in [1.165, 1.54) is 4.31 Å². The minimum Gasteiger partial charge on any atom is -0.355 e. The van der Waals surface area contributed by atoms with Gasteiger partial charge >= 0.3 is 0 Å². The Morgan fingerprint density at radius 2 is 1.63 bits per heavy atom. The number of hydrogen-bond donors (Lipinski definition) is 1. The maximum atomic E-state index is 12.7. The molecule has 0 aliphatic carbocycles. The fourth-order valence-corrected chi connectivity index (χ4v) is 5.07. The second kappa shape index (κ2) is 11.4. The summed E-state index contributed by atoms with van der Waals surface area (Å²) in [5.74, 6) is -0.244. The van der Waals surface area contributed by atoms with E-state index < -0.39 is 10.0 Å². The predicted octanol–water partition coefficient (Wildman–Crippen LogP) is 1.15. The molecule has 2 amide bonds. The summed E-state index contributed by atoms with van der Waals surface area (Å²) in [4.78, 5) is 28.7. The number of carbonyl (C=O) groups is 2. The fraction of sp³-hybridized carbons (Fsp3) is 0.619. The van der Waals surface area contributed by atoms with Gasteiger partial charge in [0.2, 0.25) is 21.8 Å². The van der Waals surface area contributed by atoms with Gasteiger partial charge in [0.25, 0.3) is 0 Å². The summed E-state index contributed by atoms with van der Waals surface area (Å²) in [6.45, 7) is 9.86. The Bertz CT molecular complexity index is 788. The zero-order valence-corrected chi connectivity index (χ0v) is 19.0. The maximum absolute atomic E-state index is 12.7. The fourth-order valence-electron chi connectivity index (χ4n) is 3.62. The van der Waals surface area contributed by atoms with Crippen LogP contribution in [-0.2, 0) is 19.6 Å². The summed E-state index contributed by atoms with van der Waals surface area (Å²) < 4.78 is 26.7. The number of likely N-dealkylation sites (N-methyl/N-ethyl adjacent to an activating group) is 1. The molecule has 168 valence electrons. The van der Waals surface area contributed by atoms with Gasteiger partial charge in [-0.2, -0.15) is 4.31 Å². The van der Waals surface area contributed by atoms with Crippen molar-refractivity contribution in [2.75, 3.05) is 45.8 Å². The molecule has 30 heavy (non-hydrogen) atoms. The van der Waals surface area contributed by atoms with Crippen molar-refractivity contribution in [1.29, 1.82) is 0 Å². The lowest BCUT2D eigenvalue weighted by molar-refractivity contribution is -0.134. The summed E-state index contributed by atoms with van der Waals surface area (Å²) >= 11 is 0. The van der Waals surface area contributed by atoms with E-state index in [1.807, 2.05) is 0 Å². The normalized spacial score (nSPS) is 16.5. The summed E-state index contributed by atoms with van der Waals surface area (Å²) in [6.07, 6.45) is 0.281. The second-order valence-electron chi connectivity index (χ2n) is 7.47. The van der Waals surface area contributed by atoms with Gasteiger partial charge in [-0.1, -0.05) is 32.0 Å². The molecule has 9 heteroatoms. The molecule has 1 aromatic carbocycles. The van der Waals surface area contributed by atoms with E-state index in [9.17, 15) is 18.0 Å². The Balaban J connectivity index is 1.75. The molecule has 1 N–H and O–H groups in total. The Kier molecular flexibility index (Phi) is 9.26. The molecule has 1 aromatic rings. The highest BCUT2D eigenvalue weighted by Crippen LogP contribution is 2.17. The number of nitrogens with one attached hydrogen (secondary N) is 1. The smallest absolute Gasteiger partial charge is 0.243 e. The highest BCUT2D eigenvalue weighted by atomic mass is 32.2. The van der Waals surface area contributed by atoms with E-state index in [0.29, 0.717) is 19.6 Å². The molecule has 8 nitrogen and oxygen atoms in total. The van der Waals surface area contributed by atoms with Crippen LogP contribution in [-0.4, -0.2) is 86.2 Å². The first kappa shape index (κ1) is 24.3. The predicted molar refractivity (Wildman–Crippen MR) is 116 cm³/mol. The van der Waals surface area contributed by atoms with Crippen LogP contribution in [0.3, 0.4) is 0 Å². The van der Waals surface area contributed by atoms with Crippen molar-refractivity contribution in [2.45, 2.75) is 44.6 Å². The van der Waals surface area contributed by atoms with Crippen LogP contribution in [0.4, 0.5) is 0 Å². The Hall–Kier alpha value is -1.97. The van der Waals surface area contributed by atoms with E-state index in [0.717, 1.165) is 13.1 Å². The summed E-state index contributed by atoms with van der Waals surface area (Å²) in [5, 5.41) is 2.90. The lowest BCUT2D eigenvalue weighted by atomic mass is 10.2. The summed E-state index contributed by atoms with van der Waals surface area (Å²) in [5.41, 5.74) is 0. The van der Waals surface area contributed by atoms with Gasteiger partial charge in [-0.3, -0.25) is 14.5 Å². The van der Waals surface area contributed by atoms with E-state index in [1.54, 1.807) is 35.2 Å². The summed E-state index contributed by atoms with van der Waals surface area (Å²) in [6, 6.07) is 8.56. The first-order valence-electron chi connectivity index (χ1n) is 10.6. The number of benzene rings is 1. The van der Waals surface area contributed by atoms with Crippen LogP contribution in [0, 0.1) is 0 Å². The van der Waals surface area contributed by atoms with Crippen LogP contribution >= 0.6 is 0 Å². The average Bonchev–Trinajstić information content (AvgIpc) is 2.77. The molecular weight excluding hydrogens is 404 g/mol. The molecule has 0 saturated carbocycles. The number of hydrogen-bond acceptors (Lipinski definition) is 5. The van der Waals surface area contributed by atoms with Crippen LogP contribution in [0.25, 0.3) is 0 Å². The third-order valence-electron chi connectivity index (χ3n) is 5.57. The van der Waals surface area contributed by atoms with Crippen molar-refractivity contribution >= 4 is 21.8 Å². The first-order valence-corrected chi connectivity index (χ1v) is 12.1. The molecule has 1 aliphatic heterocycles. The largest absolute Gasteiger partial charge is 0.355 e. The molecule has 0 aromatic heterocycles. The van der Waals surface area contributed by atoms with Crippen molar-refractivity contribution in [3.05, 3.63) is 30.3 Å². The zero-order valence-electron chi connectivity index (χ0n) is 18.2. The Morgan fingerprint density at radius 3 is 2.20 bits per heavy atom.